The second-order valence-corrected chi connectivity index (χ2v) is 5.42. The largest absolute Gasteiger partial charge is 0.497 e. The van der Waals surface area contributed by atoms with E-state index in [-0.39, 0.29) is 6.04 Å². The maximum Gasteiger partial charge on any atom is 0.118 e. The Morgan fingerprint density at radius 3 is 2.58 bits per heavy atom. The predicted molar refractivity (Wildman–Crippen MR) is 79.7 cm³/mol. The number of nitrogens with one attached hydrogen (secondary N) is 1. The minimum absolute atomic E-state index is 0.270. The maximum absolute atomic E-state index is 5.19. The third kappa shape index (κ3) is 3.55. The van der Waals surface area contributed by atoms with Gasteiger partial charge in [-0.1, -0.05) is 19.1 Å². The fourth-order valence-electron chi connectivity index (χ4n) is 2.11. The summed E-state index contributed by atoms with van der Waals surface area (Å²) in [5, 5.41) is 6.78. The van der Waals surface area contributed by atoms with Gasteiger partial charge >= 0.3 is 0 Å². The van der Waals surface area contributed by atoms with Crippen molar-refractivity contribution in [3.8, 4) is 5.75 Å². The van der Waals surface area contributed by atoms with Crippen LogP contribution in [-0.2, 0) is 0 Å². The molecule has 3 nitrogen and oxygen atoms in total. The molecular weight excluding hydrogens is 256 g/mol. The molecule has 2 rings (SSSR count). The summed E-state index contributed by atoms with van der Waals surface area (Å²) in [5.41, 5.74) is 1.28. The summed E-state index contributed by atoms with van der Waals surface area (Å²) in [6.45, 7) is 4.35. The van der Waals surface area contributed by atoms with Crippen molar-refractivity contribution in [1.29, 1.82) is 0 Å². The minimum Gasteiger partial charge on any atom is -0.497 e. The van der Waals surface area contributed by atoms with Gasteiger partial charge in [0.25, 0.3) is 0 Å². The highest BCUT2D eigenvalue weighted by atomic mass is 32.1. The number of benzene rings is 1. The normalized spacial score (nSPS) is 14.1. The smallest absolute Gasteiger partial charge is 0.118 e. The van der Waals surface area contributed by atoms with Crippen LogP contribution in [0.15, 0.2) is 35.8 Å². The lowest BCUT2D eigenvalue weighted by atomic mass is 10.0. The fraction of sp³-hybridized carbons (Fsp3) is 0.400. The average Bonchev–Trinajstić information content (AvgIpc) is 2.99. The Hall–Kier alpha value is -1.39. The molecule has 0 saturated carbocycles. The Labute approximate surface area is 118 Å². The number of ether oxygens (including phenoxy) is 1. The maximum atomic E-state index is 5.19. The lowest BCUT2D eigenvalue weighted by Gasteiger charge is -2.21. The molecule has 4 heteroatoms. The van der Waals surface area contributed by atoms with Gasteiger partial charge < -0.3 is 10.1 Å². The van der Waals surface area contributed by atoms with Gasteiger partial charge in [0.1, 0.15) is 10.8 Å². The first-order chi connectivity index (χ1) is 9.24. The van der Waals surface area contributed by atoms with Gasteiger partial charge in [0.2, 0.25) is 0 Å². The first-order valence-electron chi connectivity index (χ1n) is 6.54. The number of methoxy groups -OCH3 is 1. The van der Waals surface area contributed by atoms with Crippen molar-refractivity contribution >= 4 is 11.3 Å². The van der Waals surface area contributed by atoms with Crippen LogP contribution in [0.4, 0.5) is 0 Å². The van der Waals surface area contributed by atoms with Gasteiger partial charge in [0.05, 0.1) is 13.2 Å². The lowest BCUT2D eigenvalue weighted by Crippen LogP contribution is -2.24. The third-order valence-corrected chi connectivity index (χ3v) is 4.16. The van der Waals surface area contributed by atoms with Gasteiger partial charge in [-0.15, -0.1) is 11.3 Å². The van der Waals surface area contributed by atoms with E-state index in [4.69, 9.17) is 4.74 Å². The molecule has 2 aromatic rings. The molecule has 19 heavy (non-hydrogen) atoms. The highest BCUT2D eigenvalue weighted by molar-refractivity contribution is 7.09. The first kappa shape index (κ1) is 14.0. The topological polar surface area (TPSA) is 34.2 Å². The Morgan fingerprint density at radius 1 is 1.32 bits per heavy atom. The minimum atomic E-state index is 0.270. The summed E-state index contributed by atoms with van der Waals surface area (Å²) in [7, 11) is 1.69. The van der Waals surface area contributed by atoms with Crippen LogP contribution in [0.1, 0.15) is 42.9 Å². The molecule has 2 unspecified atom stereocenters. The molecule has 0 saturated heterocycles. The molecule has 0 spiro atoms. The van der Waals surface area contributed by atoms with Gasteiger partial charge in [0, 0.05) is 17.6 Å². The van der Waals surface area contributed by atoms with Crippen LogP contribution in [0.3, 0.4) is 0 Å². The predicted octanol–water partition coefficient (Wildman–Crippen LogP) is 3.95. The average molecular weight is 276 g/mol. The van der Waals surface area contributed by atoms with Crippen molar-refractivity contribution in [1.82, 2.24) is 10.3 Å². The Bertz CT molecular complexity index is 481. The molecule has 1 aromatic heterocycles. The zero-order valence-electron chi connectivity index (χ0n) is 11.6. The third-order valence-electron chi connectivity index (χ3n) is 3.20. The molecule has 0 aliphatic heterocycles. The van der Waals surface area contributed by atoms with Crippen molar-refractivity contribution in [2.75, 3.05) is 7.11 Å². The van der Waals surface area contributed by atoms with E-state index >= 15 is 0 Å². The molecule has 0 bridgehead atoms. The summed E-state index contributed by atoms with van der Waals surface area (Å²) >= 11 is 1.69. The van der Waals surface area contributed by atoms with E-state index in [1.165, 1.54) is 5.56 Å². The van der Waals surface area contributed by atoms with Gasteiger partial charge in [-0.2, -0.15) is 0 Å². The van der Waals surface area contributed by atoms with E-state index in [2.05, 4.69) is 36.3 Å². The molecule has 2 atom stereocenters. The van der Waals surface area contributed by atoms with E-state index in [0.29, 0.717) is 6.04 Å². The van der Waals surface area contributed by atoms with Gasteiger partial charge in [0.15, 0.2) is 0 Å². The molecule has 102 valence electrons. The van der Waals surface area contributed by atoms with Gasteiger partial charge in [-0.25, -0.2) is 4.98 Å². The Kier molecular flexibility index (Phi) is 4.93. The second-order valence-electron chi connectivity index (χ2n) is 4.49. The van der Waals surface area contributed by atoms with Crippen LogP contribution < -0.4 is 10.1 Å². The van der Waals surface area contributed by atoms with Crippen LogP contribution in [0, 0.1) is 0 Å². The van der Waals surface area contributed by atoms with Crippen molar-refractivity contribution in [3.63, 3.8) is 0 Å². The Morgan fingerprint density at radius 2 is 2.05 bits per heavy atom. The second kappa shape index (κ2) is 6.68. The number of aromatic nitrogens is 1. The number of hydrogen-bond donors (Lipinski definition) is 1. The van der Waals surface area contributed by atoms with Crippen LogP contribution in [0.25, 0.3) is 0 Å². The first-order valence-corrected chi connectivity index (χ1v) is 7.42. The molecule has 0 radical (unpaired) electrons. The standard InChI is InChI=1S/C15H20N2OS/c1-4-14(12-5-7-13(18-3)8-6-12)17-11(2)15-16-9-10-19-15/h5-11,14,17H,4H2,1-3H3. The van der Waals surface area contributed by atoms with Crippen LogP contribution in [0.2, 0.25) is 0 Å². The summed E-state index contributed by atoms with van der Waals surface area (Å²) < 4.78 is 5.19. The SMILES string of the molecule is CCC(NC(C)c1nccs1)c1ccc(OC)cc1. The van der Waals surface area contributed by atoms with Crippen molar-refractivity contribution in [2.45, 2.75) is 32.4 Å². The van der Waals surface area contributed by atoms with Crippen molar-refractivity contribution < 1.29 is 4.74 Å². The van der Waals surface area contributed by atoms with Crippen molar-refractivity contribution in [2.24, 2.45) is 0 Å². The molecule has 0 fully saturated rings. The summed E-state index contributed by atoms with van der Waals surface area (Å²) in [6.07, 6.45) is 2.90. The molecule has 0 aliphatic rings. The zero-order chi connectivity index (χ0) is 13.7. The summed E-state index contributed by atoms with van der Waals surface area (Å²) in [4.78, 5) is 4.36. The van der Waals surface area contributed by atoms with E-state index in [1.54, 1.807) is 18.4 Å². The van der Waals surface area contributed by atoms with Crippen LogP contribution in [0.5, 0.6) is 5.75 Å². The van der Waals surface area contributed by atoms with E-state index in [9.17, 15) is 0 Å². The fourth-order valence-corrected chi connectivity index (χ4v) is 2.76. The van der Waals surface area contributed by atoms with E-state index in [1.807, 2.05) is 23.7 Å². The van der Waals surface area contributed by atoms with Gasteiger partial charge in [-0.05, 0) is 31.0 Å². The summed E-state index contributed by atoms with van der Waals surface area (Å²) in [6, 6.07) is 8.86. The monoisotopic (exact) mass is 276 g/mol. The molecule has 0 amide bonds. The number of thiazole rings is 1. The molecule has 1 heterocycles. The number of hydrogen-bond acceptors (Lipinski definition) is 4. The van der Waals surface area contributed by atoms with E-state index in [0.717, 1.165) is 17.2 Å². The molecule has 1 N–H and O–H groups in total. The van der Waals surface area contributed by atoms with Gasteiger partial charge in [-0.3, -0.25) is 0 Å². The molecule has 0 aliphatic carbocycles. The number of nitrogens with zero attached hydrogens (tertiary/aromatic N) is 1. The molecular formula is C15H20N2OS. The summed E-state index contributed by atoms with van der Waals surface area (Å²) in [5.74, 6) is 0.895. The van der Waals surface area contributed by atoms with Crippen LogP contribution in [-0.4, -0.2) is 12.1 Å². The van der Waals surface area contributed by atoms with E-state index < -0.39 is 0 Å². The lowest BCUT2D eigenvalue weighted by molar-refractivity contribution is 0.413. The Balaban J connectivity index is 2.06. The quantitative estimate of drug-likeness (QED) is 0.867. The molecule has 1 aromatic carbocycles. The van der Waals surface area contributed by atoms with Crippen molar-refractivity contribution in [3.05, 3.63) is 46.4 Å². The highest BCUT2D eigenvalue weighted by Gasteiger charge is 2.15. The number of rotatable bonds is 6. The zero-order valence-corrected chi connectivity index (χ0v) is 12.4. The van der Waals surface area contributed by atoms with Crippen LogP contribution >= 0.6 is 11.3 Å². The highest BCUT2D eigenvalue weighted by Crippen LogP contribution is 2.24.